The predicted molar refractivity (Wildman–Crippen MR) is 73.5 cm³/mol. The molecule has 0 aliphatic carbocycles. The third-order valence-corrected chi connectivity index (χ3v) is 3.07. The lowest BCUT2D eigenvalue weighted by molar-refractivity contribution is 0.953. The molecule has 1 aromatic carbocycles. The topological polar surface area (TPSA) is 42.7 Å². The molecule has 0 unspecified atom stereocenters. The maximum Gasteiger partial charge on any atom is 0.204 e. The zero-order chi connectivity index (χ0) is 12.5. The number of benzene rings is 1. The molecule has 2 aromatic heterocycles. The summed E-state index contributed by atoms with van der Waals surface area (Å²) in [5.74, 6) is 0.822. The van der Waals surface area contributed by atoms with Crippen LogP contribution in [0, 0.1) is 0 Å². The summed E-state index contributed by atoms with van der Waals surface area (Å²) in [6.45, 7) is 0. The van der Waals surface area contributed by atoms with E-state index in [4.69, 9.17) is 0 Å². The van der Waals surface area contributed by atoms with Crippen LogP contribution in [0.2, 0.25) is 0 Å². The van der Waals surface area contributed by atoms with Crippen LogP contribution in [0.3, 0.4) is 0 Å². The summed E-state index contributed by atoms with van der Waals surface area (Å²) in [4.78, 5) is 8.82. The Morgan fingerprint density at radius 3 is 2.61 bits per heavy atom. The molecule has 3 aromatic rings. The average Bonchev–Trinajstić information content (AvgIpc) is 2.76. The number of imidazole rings is 1. The van der Waals surface area contributed by atoms with Gasteiger partial charge in [-0.1, -0.05) is 30.3 Å². The van der Waals surface area contributed by atoms with E-state index < -0.39 is 0 Å². The molecular weight excluding hydrogens is 224 g/mol. The van der Waals surface area contributed by atoms with Crippen molar-refractivity contribution in [1.29, 1.82) is 0 Å². The van der Waals surface area contributed by atoms with Crippen LogP contribution in [0.25, 0.3) is 22.3 Å². The molecule has 0 aliphatic rings. The molecule has 0 fully saturated rings. The Labute approximate surface area is 105 Å². The number of nitrogens with zero attached hydrogens (tertiary/aromatic N) is 3. The van der Waals surface area contributed by atoms with Gasteiger partial charge in [0.25, 0.3) is 0 Å². The van der Waals surface area contributed by atoms with Crippen LogP contribution in [0.4, 0.5) is 5.95 Å². The predicted octanol–water partition coefficient (Wildman–Crippen LogP) is 2.68. The van der Waals surface area contributed by atoms with Gasteiger partial charge >= 0.3 is 0 Å². The standard InChI is InChI=1S/C14H14N4/c1-15-14-17-13-12(18(14)2)8-11(9-16-13)10-6-4-3-5-7-10/h3-9H,1-2H3,(H,15,16,17). The first kappa shape index (κ1) is 10.8. The highest BCUT2D eigenvalue weighted by Crippen LogP contribution is 2.23. The smallest absolute Gasteiger partial charge is 0.204 e. The lowest BCUT2D eigenvalue weighted by atomic mass is 10.1. The maximum absolute atomic E-state index is 4.42. The van der Waals surface area contributed by atoms with Crippen LogP contribution in [0.1, 0.15) is 0 Å². The molecule has 0 bridgehead atoms. The van der Waals surface area contributed by atoms with Gasteiger partial charge in [-0.15, -0.1) is 0 Å². The fraction of sp³-hybridized carbons (Fsp3) is 0.143. The second kappa shape index (κ2) is 4.14. The van der Waals surface area contributed by atoms with E-state index in [0.29, 0.717) is 0 Å². The van der Waals surface area contributed by atoms with Crippen LogP contribution in [0.5, 0.6) is 0 Å². The van der Waals surface area contributed by atoms with Crippen molar-refractivity contribution in [2.75, 3.05) is 12.4 Å². The lowest BCUT2D eigenvalue weighted by Gasteiger charge is -2.02. The molecular formula is C14H14N4. The van der Waals surface area contributed by atoms with Crippen molar-refractivity contribution in [2.45, 2.75) is 0 Å². The molecule has 0 atom stereocenters. The highest BCUT2D eigenvalue weighted by atomic mass is 15.2. The van der Waals surface area contributed by atoms with Crippen LogP contribution in [0.15, 0.2) is 42.6 Å². The van der Waals surface area contributed by atoms with Crippen LogP contribution < -0.4 is 5.32 Å². The third kappa shape index (κ3) is 1.62. The van der Waals surface area contributed by atoms with Crippen molar-refractivity contribution in [3.63, 3.8) is 0 Å². The quantitative estimate of drug-likeness (QED) is 0.746. The van der Waals surface area contributed by atoms with Gasteiger partial charge in [0.2, 0.25) is 5.95 Å². The largest absolute Gasteiger partial charge is 0.359 e. The van der Waals surface area contributed by atoms with Crippen molar-refractivity contribution >= 4 is 17.1 Å². The lowest BCUT2D eigenvalue weighted by Crippen LogP contribution is -1.97. The minimum Gasteiger partial charge on any atom is -0.359 e. The first-order chi connectivity index (χ1) is 8.79. The number of nitrogens with one attached hydrogen (secondary N) is 1. The molecule has 0 amide bonds. The summed E-state index contributed by atoms with van der Waals surface area (Å²) in [5, 5.41) is 3.06. The van der Waals surface area contributed by atoms with Gasteiger partial charge in [0.15, 0.2) is 5.65 Å². The van der Waals surface area contributed by atoms with Gasteiger partial charge in [0, 0.05) is 25.9 Å². The maximum atomic E-state index is 4.42. The number of fused-ring (bicyclic) bond motifs is 1. The zero-order valence-corrected chi connectivity index (χ0v) is 10.4. The minimum absolute atomic E-state index is 0.765. The number of pyridine rings is 1. The fourth-order valence-corrected chi connectivity index (χ4v) is 2.08. The molecule has 90 valence electrons. The van der Waals surface area contributed by atoms with Crippen molar-refractivity contribution in [1.82, 2.24) is 14.5 Å². The van der Waals surface area contributed by atoms with E-state index in [9.17, 15) is 0 Å². The molecule has 2 heterocycles. The number of aryl methyl sites for hydroxylation is 1. The highest BCUT2D eigenvalue weighted by molar-refractivity contribution is 5.80. The number of anilines is 1. The van der Waals surface area contributed by atoms with Crippen molar-refractivity contribution in [3.8, 4) is 11.1 Å². The Kier molecular flexibility index (Phi) is 2.48. The molecule has 0 saturated heterocycles. The highest BCUT2D eigenvalue weighted by Gasteiger charge is 2.08. The summed E-state index contributed by atoms with van der Waals surface area (Å²) in [6.07, 6.45) is 1.87. The van der Waals surface area contributed by atoms with Gasteiger partial charge in [-0.3, -0.25) is 0 Å². The first-order valence-corrected chi connectivity index (χ1v) is 5.85. The number of rotatable bonds is 2. The van der Waals surface area contributed by atoms with E-state index in [-0.39, 0.29) is 0 Å². The van der Waals surface area contributed by atoms with Crippen LogP contribution in [-0.2, 0) is 7.05 Å². The second-order valence-corrected chi connectivity index (χ2v) is 4.18. The van der Waals surface area contributed by atoms with Gasteiger partial charge in [-0.2, -0.15) is 4.98 Å². The van der Waals surface area contributed by atoms with Crippen molar-refractivity contribution < 1.29 is 0 Å². The van der Waals surface area contributed by atoms with E-state index in [1.807, 2.05) is 43.1 Å². The molecule has 4 nitrogen and oxygen atoms in total. The Morgan fingerprint density at radius 1 is 1.11 bits per heavy atom. The van der Waals surface area contributed by atoms with Gasteiger partial charge in [0.1, 0.15) is 0 Å². The molecule has 4 heteroatoms. The zero-order valence-electron chi connectivity index (χ0n) is 10.4. The Bertz CT molecular complexity index is 686. The number of hydrogen-bond acceptors (Lipinski definition) is 3. The van der Waals surface area contributed by atoms with E-state index in [2.05, 4.69) is 33.5 Å². The molecule has 3 rings (SSSR count). The van der Waals surface area contributed by atoms with Crippen LogP contribution in [-0.4, -0.2) is 21.6 Å². The van der Waals surface area contributed by atoms with E-state index >= 15 is 0 Å². The molecule has 18 heavy (non-hydrogen) atoms. The molecule has 0 saturated carbocycles. The Balaban J connectivity index is 2.19. The van der Waals surface area contributed by atoms with Crippen molar-refractivity contribution in [2.24, 2.45) is 7.05 Å². The van der Waals surface area contributed by atoms with Crippen LogP contribution >= 0.6 is 0 Å². The Morgan fingerprint density at radius 2 is 1.89 bits per heavy atom. The van der Waals surface area contributed by atoms with E-state index in [1.165, 1.54) is 5.56 Å². The molecule has 0 radical (unpaired) electrons. The van der Waals surface area contributed by atoms with Gasteiger partial charge in [-0.25, -0.2) is 4.98 Å². The summed E-state index contributed by atoms with van der Waals surface area (Å²) < 4.78 is 2.01. The Hall–Kier alpha value is -2.36. The summed E-state index contributed by atoms with van der Waals surface area (Å²) in [5.41, 5.74) is 4.06. The fourth-order valence-electron chi connectivity index (χ4n) is 2.08. The molecule has 0 spiro atoms. The van der Waals surface area contributed by atoms with E-state index in [1.54, 1.807) is 0 Å². The number of hydrogen-bond donors (Lipinski definition) is 1. The second-order valence-electron chi connectivity index (χ2n) is 4.18. The van der Waals surface area contributed by atoms with Gasteiger partial charge < -0.3 is 9.88 Å². The molecule has 0 aliphatic heterocycles. The normalized spacial score (nSPS) is 10.8. The third-order valence-electron chi connectivity index (χ3n) is 3.07. The monoisotopic (exact) mass is 238 g/mol. The van der Waals surface area contributed by atoms with Crippen molar-refractivity contribution in [3.05, 3.63) is 42.6 Å². The van der Waals surface area contributed by atoms with Gasteiger partial charge in [0.05, 0.1) is 5.52 Å². The summed E-state index contributed by atoms with van der Waals surface area (Å²) in [6, 6.07) is 12.4. The first-order valence-electron chi connectivity index (χ1n) is 5.85. The summed E-state index contributed by atoms with van der Waals surface area (Å²) >= 11 is 0. The molecule has 1 N–H and O–H groups in total. The minimum atomic E-state index is 0.765. The number of aromatic nitrogens is 3. The SMILES string of the molecule is CNc1nc2ncc(-c3ccccc3)cc2n1C. The summed E-state index contributed by atoms with van der Waals surface area (Å²) in [7, 11) is 3.84. The van der Waals surface area contributed by atoms with Gasteiger partial charge in [-0.05, 0) is 11.6 Å². The van der Waals surface area contributed by atoms with E-state index in [0.717, 1.165) is 22.7 Å². The average molecular weight is 238 g/mol.